The van der Waals surface area contributed by atoms with Gasteiger partial charge in [0, 0.05) is 28.3 Å². The Bertz CT molecular complexity index is 1180. The molecule has 0 saturated heterocycles. The second-order valence-corrected chi connectivity index (χ2v) is 10.5. The van der Waals surface area contributed by atoms with Crippen LogP contribution in [0.1, 0.15) is 37.2 Å². The molecular formula is C23H26ClFN4O2S. The van der Waals surface area contributed by atoms with Gasteiger partial charge in [-0.15, -0.1) is 0 Å². The van der Waals surface area contributed by atoms with Gasteiger partial charge in [0.25, 0.3) is 0 Å². The fraction of sp³-hybridized carbons (Fsp3) is 0.348. The predicted molar refractivity (Wildman–Crippen MR) is 127 cm³/mol. The molecule has 3 N–H and O–H groups in total. The van der Waals surface area contributed by atoms with Crippen molar-refractivity contribution in [3.05, 3.63) is 71.1 Å². The van der Waals surface area contributed by atoms with Crippen molar-refractivity contribution in [2.45, 2.75) is 43.9 Å². The molecule has 0 amide bonds. The van der Waals surface area contributed by atoms with Gasteiger partial charge in [0.2, 0.25) is 10.0 Å². The van der Waals surface area contributed by atoms with Crippen molar-refractivity contribution >= 4 is 38.2 Å². The van der Waals surface area contributed by atoms with E-state index in [1.807, 2.05) is 6.07 Å². The van der Waals surface area contributed by atoms with Gasteiger partial charge >= 0.3 is 0 Å². The number of sulfonamides is 1. The average Bonchev–Trinajstić information content (AvgIpc) is 2.74. The Kier molecular flexibility index (Phi) is 6.95. The molecule has 0 bridgehead atoms. The van der Waals surface area contributed by atoms with Gasteiger partial charge in [-0.05, 0) is 85.7 Å². The molecule has 1 heterocycles. The molecule has 1 saturated carbocycles. The van der Waals surface area contributed by atoms with Crippen LogP contribution in [0, 0.1) is 5.82 Å². The number of hydrogen-bond donors (Lipinski definition) is 3. The van der Waals surface area contributed by atoms with Crippen LogP contribution in [0.3, 0.4) is 0 Å². The first-order valence-corrected chi connectivity index (χ1v) is 12.8. The number of nitrogens with one attached hydrogen (secondary N) is 3. The molecule has 0 aliphatic heterocycles. The highest BCUT2D eigenvalue weighted by atomic mass is 35.5. The Morgan fingerprint density at radius 1 is 1.06 bits per heavy atom. The number of hydrogen-bond acceptors (Lipinski definition) is 5. The molecule has 3 aromatic rings. The fourth-order valence-electron chi connectivity index (χ4n) is 4.33. The molecule has 9 heteroatoms. The lowest BCUT2D eigenvalue weighted by Gasteiger charge is -2.33. The molecule has 6 nitrogen and oxygen atoms in total. The highest BCUT2D eigenvalue weighted by Gasteiger charge is 2.26. The number of nitrogens with zero attached hydrogens (tertiary/aromatic N) is 1. The molecule has 1 aliphatic rings. The Morgan fingerprint density at radius 2 is 1.78 bits per heavy atom. The van der Waals surface area contributed by atoms with E-state index in [1.54, 1.807) is 42.6 Å². The summed E-state index contributed by atoms with van der Waals surface area (Å²) in [6, 6.07) is 13.9. The topological polar surface area (TPSA) is 83.1 Å². The number of fused-ring (bicyclic) bond motifs is 1. The van der Waals surface area contributed by atoms with Crippen molar-refractivity contribution in [1.29, 1.82) is 0 Å². The largest absolute Gasteiger partial charge is 0.357 e. The zero-order valence-electron chi connectivity index (χ0n) is 17.7. The summed E-state index contributed by atoms with van der Waals surface area (Å²) in [5, 5.41) is 8.04. The number of benzene rings is 2. The first kappa shape index (κ1) is 22.9. The van der Waals surface area contributed by atoms with Crippen LogP contribution in [0.15, 0.2) is 54.7 Å². The van der Waals surface area contributed by atoms with Crippen LogP contribution in [0.4, 0.5) is 10.1 Å². The average molecular weight is 477 g/mol. The summed E-state index contributed by atoms with van der Waals surface area (Å²) in [6.07, 6.45) is 5.84. The smallest absolute Gasteiger partial charge is 0.211 e. The van der Waals surface area contributed by atoms with E-state index in [0.29, 0.717) is 10.9 Å². The number of rotatable bonds is 7. The lowest BCUT2D eigenvalue weighted by Crippen LogP contribution is -2.54. The number of pyridine rings is 1. The molecule has 2 aromatic carbocycles. The van der Waals surface area contributed by atoms with E-state index in [9.17, 15) is 12.8 Å². The second kappa shape index (κ2) is 9.70. The summed E-state index contributed by atoms with van der Waals surface area (Å²) in [5.74, 6) is 0.0518. The Hall–Kier alpha value is -2.26. The van der Waals surface area contributed by atoms with E-state index in [2.05, 4.69) is 20.3 Å². The Morgan fingerprint density at radius 3 is 2.47 bits per heavy atom. The molecule has 1 aromatic heterocycles. The van der Waals surface area contributed by atoms with Crippen molar-refractivity contribution < 1.29 is 12.8 Å². The van der Waals surface area contributed by atoms with Crippen molar-refractivity contribution in [3.63, 3.8) is 0 Å². The minimum Gasteiger partial charge on any atom is -0.357 e. The lowest BCUT2D eigenvalue weighted by atomic mass is 9.80. The highest BCUT2D eigenvalue weighted by Crippen LogP contribution is 2.36. The van der Waals surface area contributed by atoms with Gasteiger partial charge < -0.3 is 5.32 Å². The number of anilines is 1. The molecule has 1 fully saturated rings. The van der Waals surface area contributed by atoms with E-state index in [1.165, 1.54) is 6.07 Å². The molecule has 4 rings (SSSR count). The molecule has 32 heavy (non-hydrogen) atoms. The van der Waals surface area contributed by atoms with E-state index >= 15 is 0 Å². The van der Waals surface area contributed by atoms with E-state index in [0.717, 1.165) is 54.1 Å². The standard InChI is InChI=1S/C23H26ClFN4O2S/c1-32(30,31)29-23(28-19-9-4-16(24)5-10-19)27-18-7-2-15(3-8-18)20-12-13-26-22-11-6-17(25)14-21(20)22/h4-6,9-15,18,23,27-29H,2-3,7-8H2,1H3. The summed E-state index contributed by atoms with van der Waals surface area (Å²) >= 11 is 5.94. The van der Waals surface area contributed by atoms with E-state index in [-0.39, 0.29) is 11.9 Å². The maximum absolute atomic E-state index is 13.8. The second-order valence-electron chi connectivity index (χ2n) is 8.25. The van der Waals surface area contributed by atoms with Gasteiger partial charge in [0.1, 0.15) is 12.1 Å². The minimum atomic E-state index is -3.43. The highest BCUT2D eigenvalue weighted by molar-refractivity contribution is 7.88. The maximum atomic E-state index is 13.8. The van der Waals surface area contributed by atoms with Crippen LogP contribution in [0.25, 0.3) is 10.9 Å². The number of halogens is 2. The van der Waals surface area contributed by atoms with E-state index < -0.39 is 16.3 Å². The third-order valence-electron chi connectivity index (χ3n) is 5.79. The van der Waals surface area contributed by atoms with Crippen molar-refractivity contribution in [2.24, 2.45) is 0 Å². The maximum Gasteiger partial charge on any atom is 0.211 e. The molecule has 170 valence electrons. The normalized spacial score (nSPS) is 20.2. The predicted octanol–water partition coefficient (Wildman–Crippen LogP) is 4.59. The summed E-state index contributed by atoms with van der Waals surface area (Å²) in [5.41, 5.74) is 2.67. The van der Waals surface area contributed by atoms with Gasteiger partial charge in [-0.1, -0.05) is 11.6 Å². The van der Waals surface area contributed by atoms with Gasteiger partial charge in [0.05, 0.1) is 11.8 Å². The summed E-state index contributed by atoms with van der Waals surface area (Å²) in [7, 11) is -3.43. The van der Waals surface area contributed by atoms with Gasteiger partial charge in [-0.25, -0.2) is 12.8 Å². The molecule has 0 spiro atoms. The zero-order valence-corrected chi connectivity index (χ0v) is 19.3. The van der Waals surface area contributed by atoms with Gasteiger partial charge in [-0.2, -0.15) is 4.72 Å². The monoisotopic (exact) mass is 476 g/mol. The van der Waals surface area contributed by atoms with Crippen LogP contribution in [-0.4, -0.2) is 32.0 Å². The molecule has 1 atom stereocenters. The minimum absolute atomic E-state index is 0.134. The van der Waals surface area contributed by atoms with Gasteiger partial charge in [0.15, 0.2) is 0 Å². The summed E-state index contributed by atoms with van der Waals surface area (Å²) < 4.78 is 40.2. The van der Waals surface area contributed by atoms with Crippen molar-refractivity contribution in [2.75, 3.05) is 11.6 Å². The SMILES string of the molecule is CS(=O)(=O)NC(Nc1ccc(Cl)cc1)NC1CCC(c2ccnc3ccc(F)cc23)CC1. The zero-order chi connectivity index (χ0) is 22.7. The Labute approximate surface area is 192 Å². The third-order valence-corrected chi connectivity index (χ3v) is 6.71. The van der Waals surface area contributed by atoms with Crippen molar-refractivity contribution in [3.8, 4) is 0 Å². The van der Waals surface area contributed by atoms with Crippen molar-refractivity contribution in [1.82, 2.24) is 15.0 Å². The van der Waals surface area contributed by atoms with Crippen LogP contribution >= 0.6 is 11.6 Å². The molecule has 0 radical (unpaired) electrons. The first-order valence-electron chi connectivity index (χ1n) is 10.6. The summed E-state index contributed by atoms with van der Waals surface area (Å²) in [4.78, 5) is 4.35. The van der Waals surface area contributed by atoms with Crippen LogP contribution < -0.4 is 15.4 Å². The lowest BCUT2D eigenvalue weighted by molar-refractivity contribution is 0.318. The summed E-state index contributed by atoms with van der Waals surface area (Å²) in [6.45, 7) is 0. The Balaban J connectivity index is 1.43. The van der Waals surface area contributed by atoms with Crippen LogP contribution in [-0.2, 0) is 10.0 Å². The van der Waals surface area contributed by atoms with Crippen LogP contribution in [0.2, 0.25) is 5.02 Å². The molecule has 1 aliphatic carbocycles. The fourth-order valence-corrected chi connectivity index (χ4v) is 5.02. The third kappa shape index (κ3) is 5.95. The van der Waals surface area contributed by atoms with E-state index in [4.69, 9.17) is 11.6 Å². The van der Waals surface area contributed by atoms with Crippen LogP contribution in [0.5, 0.6) is 0 Å². The molecular weight excluding hydrogens is 451 g/mol. The molecule has 1 unspecified atom stereocenters. The first-order chi connectivity index (χ1) is 15.3. The quantitative estimate of drug-likeness (QED) is 0.434. The van der Waals surface area contributed by atoms with Gasteiger partial charge in [-0.3, -0.25) is 10.3 Å². The number of aromatic nitrogens is 1.